The molecule has 0 saturated carbocycles. The van der Waals surface area contributed by atoms with Crippen LogP contribution >= 0.6 is 0 Å². The Morgan fingerprint density at radius 1 is 0.706 bits per heavy atom. The molecule has 0 aliphatic carbocycles. The third-order valence-electron chi connectivity index (χ3n) is 4.80. The van der Waals surface area contributed by atoms with Crippen LogP contribution < -0.4 is 0 Å². The fourth-order valence-electron chi connectivity index (χ4n) is 3.10. The molecule has 17 heavy (non-hydrogen) atoms. The molecule has 0 aliphatic rings. The maximum atomic E-state index is 2.46. The number of rotatable bonds is 11. The Hall–Kier alpha value is -0.0400. The van der Waals surface area contributed by atoms with E-state index in [0.29, 0.717) is 0 Å². The third kappa shape index (κ3) is 5.90. The van der Waals surface area contributed by atoms with Gasteiger partial charge in [-0.15, -0.1) is 0 Å². The van der Waals surface area contributed by atoms with Crippen molar-refractivity contribution in [3.05, 3.63) is 0 Å². The summed E-state index contributed by atoms with van der Waals surface area (Å²) in [5.74, 6) is 0. The lowest BCUT2D eigenvalue weighted by molar-refractivity contribution is -0.945. The molecule has 1 unspecified atom stereocenters. The van der Waals surface area contributed by atoms with Crippen LogP contribution in [0.5, 0.6) is 0 Å². The van der Waals surface area contributed by atoms with Crippen molar-refractivity contribution in [1.82, 2.24) is 0 Å². The molecule has 0 bridgehead atoms. The average molecular weight is 242 g/mol. The van der Waals surface area contributed by atoms with E-state index >= 15 is 0 Å². The van der Waals surface area contributed by atoms with Crippen LogP contribution in [0, 0.1) is 0 Å². The molecule has 0 aromatic carbocycles. The Labute approximate surface area is 110 Å². The fraction of sp³-hybridized carbons (Fsp3) is 1.00. The van der Waals surface area contributed by atoms with Gasteiger partial charge in [-0.05, 0) is 40.5 Å². The number of unbranched alkanes of at least 4 members (excludes halogenated alkanes) is 5. The molecule has 0 heterocycles. The zero-order valence-electron chi connectivity index (χ0n) is 13.1. The normalized spacial score (nSPS) is 13.9. The van der Waals surface area contributed by atoms with Crippen LogP contribution in [0.2, 0.25) is 0 Å². The molecule has 1 heteroatoms. The summed E-state index contributed by atoms with van der Waals surface area (Å²) in [5, 5.41) is 0. The van der Waals surface area contributed by atoms with Gasteiger partial charge in [-0.2, -0.15) is 0 Å². The highest BCUT2D eigenvalue weighted by Gasteiger charge is 2.27. The molecule has 1 nitrogen and oxygen atoms in total. The van der Waals surface area contributed by atoms with Crippen molar-refractivity contribution in [2.24, 2.45) is 0 Å². The molecule has 0 spiro atoms. The van der Waals surface area contributed by atoms with Crippen molar-refractivity contribution in [2.75, 3.05) is 19.6 Å². The van der Waals surface area contributed by atoms with Gasteiger partial charge in [0.15, 0.2) is 0 Å². The molecular weight excluding hydrogens is 206 g/mol. The first-order valence-electron chi connectivity index (χ1n) is 8.02. The van der Waals surface area contributed by atoms with Crippen molar-refractivity contribution in [3.8, 4) is 0 Å². The standard InChI is InChI=1S/C16H36N/c1-6-10-11-12-13-14-15-16(5)17(7-2,8-3)9-4/h16H,6-15H2,1-5H3/q+1. The van der Waals surface area contributed by atoms with Crippen molar-refractivity contribution < 1.29 is 4.48 Å². The van der Waals surface area contributed by atoms with Gasteiger partial charge in [-0.1, -0.05) is 39.0 Å². The Morgan fingerprint density at radius 3 is 1.65 bits per heavy atom. The number of quaternary nitrogens is 1. The molecule has 0 saturated heterocycles. The second-order valence-electron chi connectivity index (χ2n) is 5.57. The molecule has 1 atom stereocenters. The summed E-state index contributed by atoms with van der Waals surface area (Å²) in [6.07, 6.45) is 9.98. The maximum Gasteiger partial charge on any atom is 0.0861 e. The summed E-state index contributed by atoms with van der Waals surface area (Å²) in [5.41, 5.74) is 0. The van der Waals surface area contributed by atoms with Crippen LogP contribution in [-0.2, 0) is 0 Å². The second-order valence-corrected chi connectivity index (χ2v) is 5.57. The smallest absolute Gasteiger partial charge is 0.0861 e. The van der Waals surface area contributed by atoms with Crippen LogP contribution in [0.15, 0.2) is 0 Å². The zero-order valence-corrected chi connectivity index (χ0v) is 13.1. The number of hydrogen-bond donors (Lipinski definition) is 0. The van der Waals surface area contributed by atoms with Gasteiger partial charge in [0, 0.05) is 0 Å². The first-order chi connectivity index (χ1) is 8.16. The fourth-order valence-corrected chi connectivity index (χ4v) is 3.10. The lowest BCUT2D eigenvalue weighted by Gasteiger charge is -2.41. The number of hydrogen-bond acceptors (Lipinski definition) is 0. The Kier molecular flexibility index (Phi) is 9.91. The minimum atomic E-state index is 0.848. The Morgan fingerprint density at radius 2 is 1.18 bits per heavy atom. The Balaban J connectivity index is 3.79. The summed E-state index contributed by atoms with van der Waals surface area (Å²) in [6, 6.07) is 0.848. The van der Waals surface area contributed by atoms with Crippen LogP contribution in [0.3, 0.4) is 0 Å². The lowest BCUT2D eigenvalue weighted by atomic mass is 10.0. The van der Waals surface area contributed by atoms with Crippen LogP contribution in [0.1, 0.15) is 79.6 Å². The van der Waals surface area contributed by atoms with E-state index < -0.39 is 0 Å². The summed E-state index contributed by atoms with van der Waals surface area (Å²) in [6.45, 7) is 15.7. The van der Waals surface area contributed by atoms with Crippen molar-refractivity contribution in [1.29, 1.82) is 0 Å². The van der Waals surface area contributed by atoms with Gasteiger partial charge in [0.25, 0.3) is 0 Å². The zero-order chi connectivity index (χ0) is 13.1. The van der Waals surface area contributed by atoms with Crippen LogP contribution in [0.4, 0.5) is 0 Å². The highest BCUT2D eigenvalue weighted by atomic mass is 15.4. The minimum absolute atomic E-state index is 0.848. The highest BCUT2D eigenvalue weighted by Crippen LogP contribution is 2.19. The first-order valence-corrected chi connectivity index (χ1v) is 8.02. The van der Waals surface area contributed by atoms with E-state index in [-0.39, 0.29) is 0 Å². The molecule has 0 radical (unpaired) electrons. The molecule has 0 aromatic rings. The van der Waals surface area contributed by atoms with Gasteiger partial charge in [0.1, 0.15) is 0 Å². The van der Waals surface area contributed by atoms with Gasteiger partial charge >= 0.3 is 0 Å². The van der Waals surface area contributed by atoms with Gasteiger partial charge in [-0.3, -0.25) is 0 Å². The van der Waals surface area contributed by atoms with E-state index in [4.69, 9.17) is 0 Å². The highest BCUT2D eigenvalue weighted by molar-refractivity contribution is 4.55. The molecule has 0 fully saturated rings. The molecule has 0 aliphatic heterocycles. The van der Waals surface area contributed by atoms with Gasteiger partial charge in [-0.25, -0.2) is 0 Å². The van der Waals surface area contributed by atoms with Crippen molar-refractivity contribution in [3.63, 3.8) is 0 Å². The van der Waals surface area contributed by atoms with E-state index in [9.17, 15) is 0 Å². The summed E-state index contributed by atoms with van der Waals surface area (Å²) >= 11 is 0. The van der Waals surface area contributed by atoms with E-state index in [1.165, 1.54) is 69.1 Å². The Bertz CT molecular complexity index is 153. The molecule has 0 aromatic heterocycles. The monoisotopic (exact) mass is 242 g/mol. The summed E-state index contributed by atoms with van der Waals surface area (Å²) < 4.78 is 1.31. The van der Waals surface area contributed by atoms with E-state index in [2.05, 4.69) is 34.6 Å². The quantitative estimate of drug-likeness (QED) is 0.353. The summed E-state index contributed by atoms with van der Waals surface area (Å²) in [7, 11) is 0. The third-order valence-corrected chi connectivity index (χ3v) is 4.80. The molecule has 0 rings (SSSR count). The van der Waals surface area contributed by atoms with Gasteiger partial charge < -0.3 is 4.48 Å². The number of nitrogens with zero attached hydrogens (tertiary/aromatic N) is 1. The van der Waals surface area contributed by atoms with E-state index in [1.54, 1.807) is 0 Å². The molecule has 0 N–H and O–H groups in total. The topological polar surface area (TPSA) is 0 Å². The maximum absolute atomic E-state index is 2.46. The van der Waals surface area contributed by atoms with Crippen LogP contribution in [-0.4, -0.2) is 30.2 Å². The van der Waals surface area contributed by atoms with Gasteiger partial charge in [0.05, 0.1) is 25.7 Å². The average Bonchev–Trinajstić information content (AvgIpc) is 2.36. The molecule has 104 valence electrons. The second kappa shape index (κ2) is 9.94. The molecule has 0 amide bonds. The van der Waals surface area contributed by atoms with Crippen molar-refractivity contribution in [2.45, 2.75) is 85.6 Å². The van der Waals surface area contributed by atoms with Crippen molar-refractivity contribution >= 4 is 0 Å². The largest absolute Gasteiger partial charge is 0.322 e. The van der Waals surface area contributed by atoms with E-state index in [1.807, 2.05) is 0 Å². The minimum Gasteiger partial charge on any atom is -0.322 e. The lowest BCUT2D eigenvalue weighted by Crippen LogP contribution is -2.53. The van der Waals surface area contributed by atoms with Crippen LogP contribution in [0.25, 0.3) is 0 Å². The van der Waals surface area contributed by atoms with Gasteiger partial charge in [0.2, 0.25) is 0 Å². The summed E-state index contributed by atoms with van der Waals surface area (Å²) in [4.78, 5) is 0. The SMILES string of the molecule is CCCCCCCCC(C)[N+](CC)(CC)CC. The first kappa shape index (κ1) is 17.0. The molecular formula is C16H36N+. The predicted molar refractivity (Wildman–Crippen MR) is 79.3 cm³/mol. The predicted octanol–water partition coefficient (Wildman–Crippen LogP) is 5.00. The van der Waals surface area contributed by atoms with E-state index in [0.717, 1.165) is 6.04 Å².